The maximum atomic E-state index is 10.1. The second-order valence-corrected chi connectivity index (χ2v) is 5.32. The van der Waals surface area contributed by atoms with E-state index in [4.69, 9.17) is 4.74 Å². The quantitative estimate of drug-likeness (QED) is 0.747. The summed E-state index contributed by atoms with van der Waals surface area (Å²) < 4.78 is 7.25. The number of aliphatic hydroxyl groups excluding tert-OH is 2. The van der Waals surface area contributed by atoms with E-state index in [9.17, 15) is 10.2 Å². The van der Waals surface area contributed by atoms with Gasteiger partial charge < -0.3 is 14.9 Å². The van der Waals surface area contributed by atoms with E-state index >= 15 is 0 Å². The van der Waals surface area contributed by atoms with Gasteiger partial charge in [0.1, 0.15) is 17.7 Å². The molecule has 1 saturated heterocycles. The van der Waals surface area contributed by atoms with E-state index in [2.05, 4.69) is 26.8 Å². The lowest BCUT2D eigenvalue weighted by atomic mass is 10.1. The number of hydrogen-bond donors (Lipinski definition) is 2. The van der Waals surface area contributed by atoms with Crippen molar-refractivity contribution < 1.29 is 14.9 Å². The van der Waals surface area contributed by atoms with Crippen LogP contribution in [0.25, 0.3) is 11.2 Å². The molecular formula is C15H18N4O3. The van der Waals surface area contributed by atoms with Crippen molar-refractivity contribution in [2.24, 2.45) is 0 Å². The van der Waals surface area contributed by atoms with Gasteiger partial charge in [0.25, 0.3) is 0 Å². The lowest BCUT2D eigenvalue weighted by Crippen LogP contribution is -2.30. The molecule has 0 aromatic carbocycles. The summed E-state index contributed by atoms with van der Waals surface area (Å²) in [5, 5.41) is 20.0. The molecule has 7 nitrogen and oxygen atoms in total. The maximum Gasteiger partial charge on any atom is 0.207 e. The Balaban J connectivity index is 2.09. The SMILES string of the molecule is CCC#Cc1nc(C)c2ncn([C@@H]3O[C@H](C)[C@H](O)C3O)c2n1. The van der Waals surface area contributed by atoms with E-state index < -0.39 is 24.5 Å². The Morgan fingerprint density at radius 3 is 2.73 bits per heavy atom. The van der Waals surface area contributed by atoms with Crippen LogP contribution in [0, 0.1) is 18.8 Å². The fourth-order valence-electron chi connectivity index (χ4n) is 2.52. The smallest absolute Gasteiger partial charge is 0.207 e. The molecule has 1 aliphatic rings. The number of fused-ring (bicyclic) bond motifs is 1. The number of ether oxygens (including phenoxy) is 1. The van der Waals surface area contributed by atoms with E-state index in [0.29, 0.717) is 29.1 Å². The van der Waals surface area contributed by atoms with Crippen LogP contribution in [-0.2, 0) is 4.74 Å². The molecule has 4 atom stereocenters. The highest BCUT2D eigenvalue weighted by Crippen LogP contribution is 2.31. The molecule has 3 rings (SSSR count). The van der Waals surface area contributed by atoms with E-state index in [1.807, 2.05) is 13.8 Å². The third-order valence-corrected chi connectivity index (χ3v) is 3.72. The average molecular weight is 302 g/mol. The third-order valence-electron chi connectivity index (χ3n) is 3.72. The monoisotopic (exact) mass is 302 g/mol. The molecule has 0 aliphatic carbocycles. The first-order valence-electron chi connectivity index (χ1n) is 7.24. The van der Waals surface area contributed by atoms with Gasteiger partial charge in [-0.25, -0.2) is 15.0 Å². The van der Waals surface area contributed by atoms with Crippen molar-refractivity contribution in [3.05, 3.63) is 17.8 Å². The molecule has 2 aromatic heterocycles. The highest BCUT2D eigenvalue weighted by molar-refractivity contribution is 5.73. The maximum absolute atomic E-state index is 10.1. The first-order valence-corrected chi connectivity index (χ1v) is 7.24. The molecule has 7 heteroatoms. The first kappa shape index (κ1) is 14.9. The van der Waals surface area contributed by atoms with Gasteiger partial charge in [-0.15, -0.1) is 0 Å². The van der Waals surface area contributed by atoms with Crippen LogP contribution in [-0.4, -0.2) is 48.0 Å². The van der Waals surface area contributed by atoms with Crippen molar-refractivity contribution in [3.8, 4) is 11.8 Å². The highest BCUT2D eigenvalue weighted by Gasteiger charge is 2.42. The molecule has 0 saturated carbocycles. The number of aryl methyl sites for hydroxylation is 1. The Hall–Kier alpha value is -2.01. The normalized spacial score (nSPS) is 27.9. The second-order valence-electron chi connectivity index (χ2n) is 5.32. The van der Waals surface area contributed by atoms with Crippen LogP contribution in [0.3, 0.4) is 0 Å². The van der Waals surface area contributed by atoms with Crippen LogP contribution in [0.2, 0.25) is 0 Å². The third kappa shape index (κ3) is 2.35. The minimum atomic E-state index is -1.03. The van der Waals surface area contributed by atoms with Crippen LogP contribution in [0.4, 0.5) is 0 Å². The summed E-state index contributed by atoms with van der Waals surface area (Å²) in [6, 6.07) is 0. The van der Waals surface area contributed by atoms with Gasteiger partial charge in [0.05, 0.1) is 18.1 Å². The topological polar surface area (TPSA) is 93.3 Å². The fourth-order valence-corrected chi connectivity index (χ4v) is 2.52. The fraction of sp³-hybridized carbons (Fsp3) is 0.533. The van der Waals surface area contributed by atoms with Gasteiger partial charge in [-0.3, -0.25) is 4.57 Å². The van der Waals surface area contributed by atoms with Crippen LogP contribution >= 0.6 is 0 Å². The minimum absolute atomic E-state index is 0.412. The van der Waals surface area contributed by atoms with Crippen LogP contribution in [0.15, 0.2) is 6.33 Å². The van der Waals surface area contributed by atoms with E-state index in [1.165, 1.54) is 0 Å². The molecule has 0 bridgehead atoms. The van der Waals surface area contributed by atoms with E-state index in [1.54, 1.807) is 17.8 Å². The molecular weight excluding hydrogens is 284 g/mol. The lowest BCUT2D eigenvalue weighted by Gasteiger charge is -2.16. The number of nitrogens with zero attached hydrogens (tertiary/aromatic N) is 4. The molecule has 0 spiro atoms. The Bertz CT molecular complexity index is 761. The summed E-state index contributed by atoms with van der Waals surface area (Å²) in [5.41, 5.74) is 1.88. The van der Waals surface area contributed by atoms with Crippen molar-refractivity contribution in [3.63, 3.8) is 0 Å². The molecule has 2 aromatic rings. The molecule has 1 aliphatic heterocycles. The van der Waals surface area contributed by atoms with Crippen LogP contribution in [0.5, 0.6) is 0 Å². The summed E-state index contributed by atoms with van der Waals surface area (Å²) in [5.74, 6) is 6.24. The Kier molecular flexibility index (Phi) is 3.83. The predicted molar refractivity (Wildman–Crippen MR) is 78.8 cm³/mol. The molecule has 3 heterocycles. The second kappa shape index (κ2) is 5.65. The molecule has 1 fully saturated rings. The van der Waals surface area contributed by atoms with Crippen molar-refractivity contribution >= 4 is 11.2 Å². The summed E-state index contributed by atoms with van der Waals surface area (Å²) in [6.07, 6.45) is -0.899. The first-order chi connectivity index (χ1) is 10.5. The highest BCUT2D eigenvalue weighted by atomic mass is 16.6. The molecule has 22 heavy (non-hydrogen) atoms. The molecule has 116 valence electrons. The minimum Gasteiger partial charge on any atom is -0.388 e. The van der Waals surface area contributed by atoms with Crippen LogP contribution < -0.4 is 0 Å². The number of aromatic nitrogens is 4. The van der Waals surface area contributed by atoms with Gasteiger partial charge in [-0.05, 0) is 19.8 Å². The van der Waals surface area contributed by atoms with Gasteiger partial charge in [-0.2, -0.15) is 0 Å². The number of rotatable bonds is 1. The van der Waals surface area contributed by atoms with Gasteiger partial charge in [0.2, 0.25) is 5.82 Å². The van der Waals surface area contributed by atoms with Crippen molar-refractivity contribution in [2.45, 2.75) is 51.7 Å². The zero-order chi connectivity index (χ0) is 15.9. The van der Waals surface area contributed by atoms with Crippen molar-refractivity contribution in [2.75, 3.05) is 0 Å². The zero-order valence-electron chi connectivity index (χ0n) is 12.7. The summed E-state index contributed by atoms with van der Waals surface area (Å²) in [4.78, 5) is 13.0. The summed E-state index contributed by atoms with van der Waals surface area (Å²) in [7, 11) is 0. The summed E-state index contributed by atoms with van der Waals surface area (Å²) >= 11 is 0. The molecule has 1 unspecified atom stereocenters. The summed E-state index contributed by atoms with van der Waals surface area (Å²) in [6.45, 7) is 5.50. The van der Waals surface area contributed by atoms with Gasteiger partial charge in [-0.1, -0.05) is 12.8 Å². The Morgan fingerprint density at radius 2 is 2.09 bits per heavy atom. The van der Waals surface area contributed by atoms with Gasteiger partial charge in [0.15, 0.2) is 11.9 Å². The van der Waals surface area contributed by atoms with E-state index in [-0.39, 0.29) is 0 Å². The van der Waals surface area contributed by atoms with E-state index in [0.717, 1.165) is 0 Å². The predicted octanol–water partition coefficient (Wildman–Crippen LogP) is 0.535. The Morgan fingerprint density at radius 1 is 1.32 bits per heavy atom. The van der Waals surface area contributed by atoms with Crippen molar-refractivity contribution in [1.82, 2.24) is 19.5 Å². The molecule has 2 N–H and O–H groups in total. The zero-order valence-corrected chi connectivity index (χ0v) is 12.7. The van der Waals surface area contributed by atoms with Gasteiger partial charge >= 0.3 is 0 Å². The molecule has 0 amide bonds. The van der Waals surface area contributed by atoms with Crippen LogP contribution in [0.1, 0.15) is 38.0 Å². The largest absolute Gasteiger partial charge is 0.388 e. The molecule has 0 radical (unpaired) electrons. The number of hydrogen-bond acceptors (Lipinski definition) is 6. The standard InChI is InChI=1S/C15H18N4O3/c1-4-5-6-10-17-8(2)11-14(18-10)19(7-16-11)15-13(21)12(20)9(3)22-15/h7,9,12-13,15,20-21H,4H2,1-3H3/t9-,12+,13?,15-/m1/s1. The lowest BCUT2D eigenvalue weighted by molar-refractivity contribution is -0.0299. The average Bonchev–Trinajstić information content (AvgIpc) is 3.02. The Labute approximate surface area is 128 Å². The number of imidazole rings is 1. The number of aliphatic hydroxyl groups is 2. The van der Waals surface area contributed by atoms with Crippen molar-refractivity contribution in [1.29, 1.82) is 0 Å². The van der Waals surface area contributed by atoms with Gasteiger partial charge in [0, 0.05) is 6.42 Å².